The smallest absolute Gasteiger partial charge is 0.233 e. The molecule has 0 unspecified atom stereocenters. The maximum Gasteiger partial charge on any atom is 0.233 e. The Morgan fingerprint density at radius 2 is 1.35 bits per heavy atom. The number of hydrogen-bond acceptors (Lipinski definition) is 5. The van der Waals surface area contributed by atoms with Crippen LogP contribution in [0, 0.1) is 13.8 Å². The van der Waals surface area contributed by atoms with E-state index in [4.69, 9.17) is 4.98 Å². The molecule has 5 nitrogen and oxygen atoms in total. The molecule has 0 fully saturated rings. The molecule has 0 aliphatic carbocycles. The van der Waals surface area contributed by atoms with Gasteiger partial charge in [0, 0.05) is 38.6 Å². The molecule has 0 bridgehead atoms. The van der Waals surface area contributed by atoms with E-state index in [0.29, 0.717) is 5.95 Å². The molecule has 3 rings (SSSR count). The van der Waals surface area contributed by atoms with Gasteiger partial charge in [-0.3, -0.25) is 0 Å². The first-order valence-electron chi connectivity index (χ1n) is 8.63. The molecule has 1 N–H and O–H groups in total. The van der Waals surface area contributed by atoms with Crippen LogP contribution in [-0.4, -0.2) is 31.1 Å². The first-order valence-corrected chi connectivity index (χ1v) is 8.63. The Labute approximate surface area is 155 Å². The molecule has 0 aliphatic rings. The number of hydrogen-bond donors (Lipinski definition) is 1. The van der Waals surface area contributed by atoms with Gasteiger partial charge in [-0.05, 0) is 38.1 Å². The molecule has 0 atom stereocenters. The van der Waals surface area contributed by atoms with Gasteiger partial charge in [0.25, 0.3) is 0 Å². The highest BCUT2D eigenvalue weighted by Crippen LogP contribution is 2.26. The van der Waals surface area contributed by atoms with E-state index in [1.54, 1.807) is 0 Å². The van der Waals surface area contributed by atoms with E-state index in [-0.39, 0.29) is 0 Å². The SMILES string of the molecule is Cc1ccc(Nc2cc(N(C)C)nc(N(C)c3ccc(C)cc3)n2)cc1. The molecule has 0 spiro atoms. The molecule has 0 amide bonds. The van der Waals surface area contributed by atoms with E-state index in [9.17, 15) is 0 Å². The number of rotatable bonds is 5. The summed E-state index contributed by atoms with van der Waals surface area (Å²) in [5.74, 6) is 2.26. The van der Waals surface area contributed by atoms with Gasteiger partial charge in [-0.2, -0.15) is 9.97 Å². The Hall–Kier alpha value is -3.08. The van der Waals surface area contributed by atoms with Crippen LogP contribution in [0.25, 0.3) is 0 Å². The normalized spacial score (nSPS) is 10.5. The molecular weight excluding hydrogens is 322 g/mol. The quantitative estimate of drug-likeness (QED) is 0.726. The van der Waals surface area contributed by atoms with Crippen molar-refractivity contribution in [3.05, 3.63) is 65.7 Å². The average Bonchev–Trinajstić information content (AvgIpc) is 2.63. The summed E-state index contributed by atoms with van der Waals surface area (Å²) in [5.41, 5.74) is 4.51. The minimum atomic E-state index is 0.648. The summed E-state index contributed by atoms with van der Waals surface area (Å²) >= 11 is 0. The zero-order valence-electron chi connectivity index (χ0n) is 16.0. The largest absolute Gasteiger partial charge is 0.363 e. The standard InChI is InChI=1S/C21H25N5/c1-15-6-10-17(11-7-15)22-19-14-20(25(3)4)24-21(23-19)26(5)18-12-8-16(2)9-13-18/h6-14H,1-5H3,(H,22,23,24). The molecule has 2 aromatic carbocycles. The Morgan fingerprint density at radius 3 is 1.92 bits per heavy atom. The van der Waals surface area contributed by atoms with Crippen molar-refractivity contribution in [3.63, 3.8) is 0 Å². The number of aromatic nitrogens is 2. The van der Waals surface area contributed by atoms with Crippen molar-refractivity contribution in [3.8, 4) is 0 Å². The summed E-state index contributed by atoms with van der Waals surface area (Å²) in [4.78, 5) is 13.4. The van der Waals surface area contributed by atoms with Crippen molar-refractivity contribution in [1.29, 1.82) is 0 Å². The lowest BCUT2D eigenvalue weighted by atomic mass is 10.2. The van der Waals surface area contributed by atoms with Crippen molar-refractivity contribution < 1.29 is 0 Å². The fourth-order valence-electron chi connectivity index (χ4n) is 2.53. The first-order chi connectivity index (χ1) is 12.4. The van der Waals surface area contributed by atoms with Crippen molar-refractivity contribution in [2.24, 2.45) is 0 Å². The van der Waals surface area contributed by atoms with Crippen LogP contribution in [0.5, 0.6) is 0 Å². The lowest BCUT2D eigenvalue weighted by Crippen LogP contribution is -2.17. The highest BCUT2D eigenvalue weighted by atomic mass is 15.3. The van der Waals surface area contributed by atoms with Crippen molar-refractivity contribution >= 4 is 29.0 Å². The molecule has 134 valence electrons. The van der Waals surface area contributed by atoms with Crippen LogP contribution in [0.4, 0.5) is 29.0 Å². The second kappa shape index (κ2) is 7.44. The average molecular weight is 347 g/mol. The van der Waals surface area contributed by atoms with Gasteiger partial charge in [-0.1, -0.05) is 35.4 Å². The molecule has 3 aromatic rings. The van der Waals surface area contributed by atoms with Crippen LogP contribution in [0.1, 0.15) is 11.1 Å². The first kappa shape index (κ1) is 17.7. The van der Waals surface area contributed by atoms with E-state index in [2.05, 4.69) is 72.7 Å². The minimum Gasteiger partial charge on any atom is -0.363 e. The van der Waals surface area contributed by atoms with Crippen LogP contribution in [-0.2, 0) is 0 Å². The molecule has 0 saturated heterocycles. The van der Waals surface area contributed by atoms with E-state index in [1.807, 2.05) is 37.0 Å². The van der Waals surface area contributed by atoms with Crippen LogP contribution in [0.15, 0.2) is 54.6 Å². The molecule has 26 heavy (non-hydrogen) atoms. The molecule has 5 heteroatoms. The van der Waals surface area contributed by atoms with Crippen LogP contribution in [0.3, 0.4) is 0 Å². The fraction of sp³-hybridized carbons (Fsp3) is 0.238. The van der Waals surface area contributed by atoms with Gasteiger partial charge in [0.15, 0.2) is 0 Å². The number of nitrogens with zero attached hydrogens (tertiary/aromatic N) is 4. The molecule has 1 heterocycles. The third-order valence-electron chi connectivity index (χ3n) is 4.20. The highest BCUT2D eigenvalue weighted by Gasteiger charge is 2.12. The monoisotopic (exact) mass is 347 g/mol. The molecule has 1 aromatic heterocycles. The van der Waals surface area contributed by atoms with Gasteiger partial charge < -0.3 is 15.1 Å². The predicted octanol–water partition coefficient (Wildman–Crippen LogP) is 4.67. The van der Waals surface area contributed by atoms with Gasteiger partial charge in [-0.15, -0.1) is 0 Å². The molecule has 0 radical (unpaired) electrons. The van der Waals surface area contributed by atoms with Gasteiger partial charge in [-0.25, -0.2) is 0 Å². The van der Waals surface area contributed by atoms with Crippen molar-refractivity contribution in [2.45, 2.75) is 13.8 Å². The van der Waals surface area contributed by atoms with Crippen LogP contribution >= 0.6 is 0 Å². The van der Waals surface area contributed by atoms with E-state index < -0.39 is 0 Å². The third kappa shape index (κ3) is 4.11. The summed E-state index contributed by atoms with van der Waals surface area (Å²) in [6.07, 6.45) is 0. The summed E-state index contributed by atoms with van der Waals surface area (Å²) in [7, 11) is 5.94. The zero-order valence-corrected chi connectivity index (χ0v) is 16.0. The van der Waals surface area contributed by atoms with Gasteiger partial charge in [0.1, 0.15) is 11.6 Å². The molecular formula is C21H25N5. The fourth-order valence-corrected chi connectivity index (χ4v) is 2.53. The number of benzene rings is 2. The zero-order chi connectivity index (χ0) is 18.7. The highest BCUT2D eigenvalue weighted by molar-refractivity contribution is 5.65. The summed E-state index contributed by atoms with van der Waals surface area (Å²) < 4.78 is 0. The summed E-state index contributed by atoms with van der Waals surface area (Å²) in [6, 6.07) is 18.5. The summed E-state index contributed by atoms with van der Waals surface area (Å²) in [5, 5.41) is 3.38. The Balaban J connectivity index is 1.95. The Kier molecular flexibility index (Phi) is 5.07. The second-order valence-corrected chi connectivity index (χ2v) is 6.69. The number of anilines is 5. The van der Waals surface area contributed by atoms with Gasteiger partial charge in [0.05, 0.1) is 0 Å². The topological polar surface area (TPSA) is 44.3 Å². The lowest BCUT2D eigenvalue weighted by Gasteiger charge is -2.21. The van der Waals surface area contributed by atoms with Crippen molar-refractivity contribution in [2.75, 3.05) is 36.3 Å². The Morgan fingerprint density at radius 1 is 0.769 bits per heavy atom. The molecule has 0 aliphatic heterocycles. The van der Waals surface area contributed by atoms with Crippen LogP contribution in [0.2, 0.25) is 0 Å². The van der Waals surface area contributed by atoms with E-state index >= 15 is 0 Å². The molecule has 0 saturated carbocycles. The van der Waals surface area contributed by atoms with E-state index in [1.165, 1.54) is 11.1 Å². The second-order valence-electron chi connectivity index (χ2n) is 6.69. The maximum absolute atomic E-state index is 4.71. The number of nitrogens with one attached hydrogen (secondary N) is 1. The minimum absolute atomic E-state index is 0.648. The lowest BCUT2D eigenvalue weighted by molar-refractivity contribution is 0.996. The van der Waals surface area contributed by atoms with Gasteiger partial charge in [0.2, 0.25) is 5.95 Å². The van der Waals surface area contributed by atoms with Crippen molar-refractivity contribution in [1.82, 2.24) is 9.97 Å². The maximum atomic E-state index is 4.71. The predicted molar refractivity (Wildman–Crippen MR) is 110 cm³/mol. The third-order valence-corrected chi connectivity index (χ3v) is 4.20. The van der Waals surface area contributed by atoms with E-state index in [0.717, 1.165) is 23.0 Å². The Bertz CT molecular complexity index is 870. The van der Waals surface area contributed by atoms with Crippen LogP contribution < -0.4 is 15.1 Å². The number of aryl methyl sites for hydroxylation is 2. The summed E-state index contributed by atoms with van der Waals surface area (Å²) in [6.45, 7) is 4.16. The van der Waals surface area contributed by atoms with Gasteiger partial charge >= 0.3 is 0 Å².